The molecule has 120 valence electrons. The van der Waals surface area contributed by atoms with Gasteiger partial charge < -0.3 is 26.6 Å². The molecule has 2 amide bonds. The van der Waals surface area contributed by atoms with E-state index >= 15 is 0 Å². The number of aliphatic carboxylic acids is 1. The Bertz CT molecular complexity index is 579. The van der Waals surface area contributed by atoms with Crippen molar-refractivity contribution in [3.8, 4) is 5.75 Å². The SMILES string of the molecule is CC(=O)Nc1ccc(O)c(SC[C@H](N)C(=O)NCC(=O)O)c1. The molecule has 9 heteroatoms. The lowest BCUT2D eigenvalue weighted by Gasteiger charge is -2.12. The molecule has 0 heterocycles. The summed E-state index contributed by atoms with van der Waals surface area (Å²) in [6.07, 6.45) is 0. The second kappa shape index (κ2) is 8.25. The highest BCUT2D eigenvalue weighted by molar-refractivity contribution is 7.99. The van der Waals surface area contributed by atoms with Gasteiger partial charge in [0, 0.05) is 18.4 Å². The van der Waals surface area contributed by atoms with Gasteiger partial charge in [0.05, 0.1) is 10.9 Å². The van der Waals surface area contributed by atoms with Crippen LogP contribution >= 0.6 is 11.8 Å². The molecule has 8 nitrogen and oxygen atoms in total. The van der Waals surface area contributed by atoms with Crippen molar-refractivity contribution in [2.45, 2.75) is 17.9 Å². The van der Waals surface area contributed by atoms with Gasteiger partial charge in [-0.2, -0.15) is 0 Å². The second-order valence-corrected chi connectivity index (χ2v) is 5.45. The van der Waals surface area contributed by atoms with Crippen molar-refractivity contribution in [3.63, 3.8) is 0 Å². The fraction of sp³-hybridized carbons (Fsp3) is 0.308. The Labute approximate surface area is 131 Å². The van der Waals surface area contributed by atoms with Crippen LogP contribution in [0.4, 0.5) is 5.69 Å². The van der Waals surface area contributed by atoms with E-state index in [0.717, 1.165) is 11.8 Å². The third-order valence-electron chi connectivity index (χ3n) is 2.45. The molecule has 1 atom stereocenters. The number of anilines is 1. The third-order valence-corrected chi connectivity index (χ3v) is 3.61. The van der Waals surface area contributed by atoms with Crippen LogP contribution in [0.5, 0.6) is 5.75 Å². The number of carboxylic acid groups (broad SMARTS) is 1. The van der Waals surface area contributed by atoms with Crippen LogP contribution in [0.3, 0.4) is 0 Å². The van der Waals surface area contributed by atoms with Gasteiger partial charge in [0.15, 0.2) is 0 Å². The van der Waals surface area contributed by atoms with Crippen LogP contribution in [0.15, 0.2) is 23.1 Å². The van der Waals surface area contributed by atoms with E-state index in [1.807, 2.05) is 0 Å². The summed E-state index contributed by atoms with van der Waals surface area (Å²) in [5, 5.41) is 23.0. The van der Waals surface area contributed by atoms with Crippen LogP contribution in [0.2, 0.25) is 0 Å². The van der Waals surface area contributed by atoms with Crippen molar-refractivity contribution in [2.75, 3.05) is 17.6 Å². The number of benzene rings is 1. The topological polar surface area (TPSA) is 142 Å². The molecule has 0 aliphatic heterocycles. The highest BCUT2D eigenvalue weighted by Gasteiger charge is 2.15. The molecule has 0 saturated carbocycles. The summed E-state index contributed by atoms with van der Waals surface area (Å²) in [7, 11) is 0. The molecule has 1 rings (SSSR count). The number of carbonyl (C=O) groups excluding carboxylic acids is 2. The highest BCUT2D eigenvalue weighted by Crippen LogP contribution is 2.31. The molecule has 0 aliphatic rings. The van der Waals surface area contributed by atoms with Crippen LogP contribution in [0.1, 0.15) is 6.92 Å². The summed E-state index contributed by atoms with van der Waals surface area (Å²) >= 11 is 1.12. The van der Waals surface area contributed by atoms with E-state index in [-0.39, 0.29) is 17.4 Å². The van der Waals surface area contributed by atoms with Gasteiger partial charge in [-0.15, -0.1) is 11.8 Å². The van der Waals surface area contributed by atoms with Gasteiger partial charge in [-0.3, -0.25) is 14.4 Å². The van der Waals surface area contributed by atoms with Crippen molar-refractivity contribution in [3.05, 3.63) is 18.2 Å². The number of nitrogens with two attached hydrogens (primary N) is 1. The fourth-order valence-corrected chi connectivity index (χ4v) is 2.40. The molecule has 0 radical (unpaired) electrons. The largest absolute Gasteiger partial charge is 0.507 e. The third kappa shape index (κ3) is 6.02. The quantitative estimate of drug-likeness (QED) is 0.350. The maximum atomic E-state index is 11.5. The molecule has 0 aromatic heterocycles. The molecule has 0 spiro atoms. The lowest BCUT2D eigenvalue weighted by molar-refractivity contribution is -0.138. The molecule has 22 heavy (non-hydrogen) atoms. The number of hydrogen-bond donors (Lipinski definition) is 5. The Morgan fingerprint density at radius 1 is 1.36 bits per heavy atom. The van der Waals surface area contributed by atoms with Crippen LogP contribution in [-0.2, 0) is 14.4 Å². The highest BCUT2D eigenvalue weighted by atomic mass is 32.2. The Morgan fingerprint density at radius 3 is 2.64 bits per heavy atom. The number of phenolic OH excluding ortho intramolecular Hbond substituents is 1. The normalized spacial score (nSPS) is 11.5. The monoisotopic (exact) mass is 327 g/mol. The van der Waals surface area contributed by atoms with E-state index < -0.39 is 24.5 Å². The van der Waals surface area contributed by atoms with Crippen molar-refractivity contribution in [2.24, 2.45) is 5.73 Å². The molecule has 1 aromatic carbocycles. The summed E-state index contributed by atoms with van der Waals surface area (Å²) in [5.41, 5.74) is 6.15. The van der Waals surface area contributed by atoms with E-state index in [1.165, 1.54) is 13.0 Å². The van der Waals surface area contributed by atoms with Crippen LogP contribution in [0.25, 0.3) is 0 Å². The minimum Gasteiger partial charge on any atom is -0.507 e. The Morgan fingerprint density at radius 2 is 2.05 bits per heavy atom. The van der Waals surface area contributed by atoms with Gasteiger partial charge in [-0.25, -0.2) is 0 Å². The van der Waals surface area contributed by atoms with Crippen LogP contribution in [-0.4, -0.2) is 46.3 Å². The van der Waals surface area contributed by atoms with Gasteiger partial charge in [-0.05, 0) is 18.2 Å². The van der Waals surface area contributed by atoms with Gasteiger partial charge in [0.25, 0.3) is 0 Å². The van der Waals surface area contributed by atoms with Crippen molar-refractivity contribution >= 4 is 35.2 Å². The zero-order valence-electron chi connectivity index (χ0n) is 11.8. The molecule has 0 saturated heterocycles. The Balaban J connectivity index is 2.61. The predicted octanol–water partition coefficient (Wildman–Crippen LogP) is -0.0292. The number of thioether (sulfide) groups is 1. The molecular formula is C13H17N3O5S. The van der Waals surface area contributed by atoms with Gasteiger partial charge in [0.1, 0.15) is 12.3 Å². The van der Waals surface area contributed by atoms with Crippen molar-refractivity contribution in [1.29, 1.82) is 0 Å². The lowest BCUT2D eigenvalue weighted by atomic mass is 10.3. The van der Waals surface area contributed by atoms with E-state index in [4.69, 9.17) is 10.8 Å². The van der Waals surface area contributed by atoms with E-state index in [9.17, 15) is 19.5 Å². The van der Waals surface area contributed by atoms with E-state index in [2.05, 4.69) is 10.6 Å². The number of phenols is 1. The summed E-state index contributed by atoms with van der Waals surface area (Å²) in [6.45, 7) is 0.864. The number of nitrogens with one attached hydrogen (secondary N) is 2. The molecule has 0 fully saturated rings. The maximum absolute atomic E-state index is 11.5. The number of carboxylic acids is 1. The van der Waals surface area contributed by atoms with Gasteiger partial charge >= 0.3 is 5.97 Å². The molecule has 0 aliphatic carbocycles. The number of amides is 2. The summed E-state index contributed by atoms with van der Waals surface area (Å²) in [5.74, 6) is -1.85. The van der Waals surface area contributed by atoms with Crippen LogP contribution in [0, 0.1) is 0 Å². The maximum Gasteiger partial charge on any atom is 0.322 e. The average Bonchev–Trinajstić information content (AvgIpc) is 2.44. The Hall–Kier alpha value is -2.26. The first-order chi connectivity index (χ1) is 10.3. The van der Waals surface area contributed by atoms with Crippen LogP contribution < -0.4 is 16.4 Å². The number of rotatable bonds is 7. The molecule has 1 aromatic rings. The zero-order valence-corrected chi connectivity index (χ0v) is 12.6. The van der Waals surface area contributed by atoms with E-state index in [0.29, 0.717) is 10.6 Å². The molecule has 0 bridgehead atoms. The van der Waals surface area contributed by atoms with Gasteiger partial charge in [-0.1, -0.05) is 0 Å². The molecular weight excluding hydrogens is 310 g/mol. The molecule has 0 unspecified atom stereocenters. The summed E-state index contributed by atoms with van der Waals surface area (Å²) < 4.78 is 0. The lowest BCUT2D eigenvalue weighted by Crippen LogP contribution is -2.44. The standard InChI is InChI=1S/C13H17N3O5S/c1-7(17)16-8-2-3-10(18)11(4-8)22-6-9(14)13(21)15-5-12(19)20/h2-4,9,18H,5-6,14H2,1H3,(H,15,21)(H,16,17)(H,19,20)/t9-/m0/s1. The second-order valence-electron chi connectivity index (χ2n) is 4.39. The first-order valence-corrected chi connectivity index (χ1v) is 7.26. The fourth-order valence-electron chi connectivity index (χ4n) is 1.46. The molecule has 6 N–H and O–H groups in total. The minimum atomic E-state index is -1.16. The first-order valence-electron chi connectivity index (χ1n) is 6.28. The number of carbonyl (C=O) groups is 3. The number of hydrogen-bond acceptors (Lipinski definition) is 6. The smallest absolute Gasteiger partial charge is 0.322 e. The number of aromatic hydroxyl groups is 1. The average molecular weight is 327 g/mol. The predicted molar refractivity (Wildman–Crippen MR) is 81.8 cm³/mol. The van der Waals surface area contributed by atoms with E-state index in [1.54, 1.807) is 12.1 Å². The van der Waals surface area contributed by atoms with Crippen molar-refractivity contribution < 1.29 is 24.6 Å². The minimum absolute atomic E-state index is 0.00255. The first kappa shape index (κ1) is 17.8. The summed E-state index contributed by atoms with van der Waals surface area (Å²) in [4.78, 5) is 33.3. The summed E-state index contributed by atoms with van der Waals surface area (Å²) in [6, 6.07) is 3.60. The van der Waals surface area contributed by atoms with Crippen molar-refractivity contribution in [1.82, 2.24) is 5.32 Å². The zero-order chi connectivity index (χ0) is 16.7. The Kier molecular flexibility index (Phi) is 6.67. The van der Waals surface area contributed by atoms with Gasteiger partial charge in [0.2, 0.25) is 11.8 Å².